The molecular weight excluding hydrogens is 428 g/mol. The van der Waals surface area contributed by atoms with Gasteiger partial charge in [0.05, 0.1) is 18.9 Å². The highest BCUT2D eigenvalue weighted by Crippen LogP contribution is 2.20. The first-order valence-corrected chi connectivity index (χ1v) is 10.2. The van der Waals surface area contributed by atoms with Crippen LogP contribution in [0.3, 0.4) is 0 Å². The maximum atomic E-state index is 13.0. The summed E-state index contributed by atoms with van der Waals surface area (Å²) in [5, 5.41) is 31.8. The van der Waals surface area contributed by atoms with Crippen LogP contribution >= 0.6 is 0 Å². The van der Waals surface area contributed by atoms with Gasteiger partial charge in [0.2, 0.25) is 17.7 Å². The molecule has 1 aliphatic heterocycles. The number of carboxylic acids is 3. The van der Waals surface area contributed by atoms with Gasteiger partial charge in [0.15, 0.2) is 0 Å². The number of hydrogen-bond acceptors (Lipinski definition) is 7. The molecule has 0 aromatic heterocycles. The number of likely N-dealkylation sites (tertiary alicyclic amines) is 1. The summed E-state index contributed by atoms with van der Waals surface area (Å²) in [7, 11) is 0. The standard InChI is InChI=1S/C19H30N4O9/c1-9(2)6-12(19(31)32)22-17(29)13-4-3-5-23(13)18(30)11(8-15(26)27)21-16(28)10(20)7-14(24)25/h9-13H,3-8,20H2,1-2H3,(H,21,28)(H,22,29)(H,24,25)(H,26,27)(H,31,32). The van der Waals surface area contributed by atoms with Gasteiger partial charge in [-0.05, 0) is 25.2 Å². The Balaban J connectivity index is 2.96. The lowest BCUT2D eigenvalue weighted by atomic mass is 10.0. The first-order valence-electron chi connectivity index (χ1n) is 10.2. The fourth-order valence-electron chi connectivity index (χ4n) is 3.40. The molecule has 3 amide bonds. The van der Waals surface area contributed by atoms with Crippen LogP contribution in [0, 0.1) is 5.92 Å². The van der Waals surface area contributed by atoms with Crippen LogP contribution in [0.2, 0.25) is 0 Å². The van der Waals surface area contributed by atoms with E-state index in [1.807, 2.05) is 0 Å². The molecule has 7 N–H and O–H groups in total. The molecule has 1 aliphatic rings. The van der Waals surface area contributed by atoms with Crippen LogP contribution < -0.4 is 16.4 Å². The van der Waals surface area contributed by atoms with E-state index < -0.39 is 72.6 Å². The normalized spacial score (nSPS) is 18.5. The predicted octanol–water partition coefficient (Wildman–Crippen LogP) is -1.65. The number of nitrogens with one attached hydrogen (secondary N) is 2. The molecule has 0 radical (unpaired) electrons. The molecule has 4 unspecified atom stereocenters. The van der Waals surface area contributed by atoms with E-state index in [0.29, 0.717) is 6.42 Å². The maximum Gasteiger partial charge on any atom is 0.326 e. The number of nitrogens with two attached hydrogens (primary N) is 1. The Bertz CT molecular complexity index is 755. The third kappa shape index (κ3) is 8.13. The van der Waals surface area contributed by atoms with Gasteiger partial charge < -0.3 is 36.6 Å². The van der Waals surface area contributed by atoms with E-state index in [1.54, 1.807) is 13.8 Å². The first kappa shape index (κ1) is 26.8. The van der Waals surface area contributed by atoms with Crippen molar-refractivity contribution in [2.75, 3.05) is 6.54 Å². The van der Waals surface area contributed by atoms with Crippen molar-refractivity contribution in [3.8, 4) is 0 Å². The van der Waals surface area contributed by atoms with Gasteiger partial charge in [-0.25, -0.2) is 4.79 Å². The molecule has 0 aromatic rings. The second-order valence-corrected chi connectivity index (χ2v) is 8.08. The zero-order valence-corrected chi connectivity index (χ0v) is 17.9. The smallest absolute Gasteiger partial charge is 0.326 e. The van der Waals surface area contributed by atoms with E-state index in [-0.39, 0.29) is 25.3 Å². The molecule has 180 valence electrons. The second kappa shape index (κ2) is 12.0. The zero-order chi connectivity index (χ0) is 24.6. The van der Waals surface area contributed by atoms with E-state index in [1.165, 1.54) is 0 Å². The van der Waals surface area contributed by atoms with Gasteiger partial charge in [0.1, 0.15) is 18.1 Å². The van der Waals surface area contributed by atoms with E-state index >= 15 is 0 Å². The summed E-state index contributed by atoms with van der Waals surface area (Å²) in [6, 6.07) is -5.25. The molecule has 13 nitrogen and oxygen atoms in total. The summed E-state index contributed by atoms with van der Waals surface area (Å²) in [6.07, 6.45) is -0.696. The fourth-order valence-corrected chi connectivity index (χ4v) is 3.40. The molecule has 1 rings (SSSR count). The third-order valence-electron chi connectivity index (χ3n) is 4.88. The van der Waals surface area contributed by atoms with E-state index in [2.05, 4.69) is 10.6 Å². The molecule has 1 fully saturated rings. The summed E-state index contributed by atoms with van der Waals surface area (Å²) in [5.74, 6) is -6.54. The molecule has 1 saturated heterocycles. The molecule has 0 spiro atoms. The summed E-state index contributed by atoms with van der Waals surface area (Å²) < 4.78 is 0. The Kier molecular flexibility index (Phi) is 10.0. The highest BCUT2D eigenvalue weighted by atomic mass is 16.4. The second-order valence-electron chi connectivity index (χ2n) is 8.08. The lowest BCUT2D eigenvalue weighted by Gasteiger charge is -2.29. The minimum Gasteiger partial charge on any atom is -0.481 e. The van der Waals surface area contributed by atoms with Crippen LogP contribution in [0.5, 0.6) is 0 Å². The first-order chi connectivity index (χ1) is 14.8. The third-order valence-corrected chi connectivity index (χ3v) is 4.88. The van der Waals surface area contributed by atoms with Crippen molar-refractivity contribution in [2.24, 2.45) is 11.7 Å². The van der Waals surface area contributed by atoms with Gasteiger partial charge >= 0.3 is 17.9 Å². The largest absolute Gasteiger partial charge is 0.481 e. The van der Waals surface area contributed by atoms with E-state index in [4.69, 9.17) is 15.9 Å². The van der Waals surface area contributed by atoms with E-state index in [9.17, 15) is 33.9 Å². The molecule has 0 aliphatic carbocycles. The number of amides is 3. The van der Waals surface area contributed by atoms with Gasteiger partial charge in [-0.1, -0.05) is 13.8 Å². The number of rotatable bonds is 12. The van der Waals surface area contributed by atoms with Crippen LogP contribution in [-0.4, -0.2) is 86.6 Å². The summed E-state index contributed by atoms with van der Waals surface area (Å²) >= 11 is 0. The average molecular weight is 458 g/mol. The predicted molar refractivity (Wildman–Crippen MR) is 108 cm³/mol. The molecule has 0 bridgehead atoms. The van der Waals surface area contributed by atoms with Crippen LogP contribution in [0.25, 0.3) is 0 Å². The number of carbonyl (C=O) groups is 6. The monoisotopic (exact) mass is 458 g/mol. The van der Waals surface area contributed by atoms with Gasteiger partial charge in [0, 0.05) is 6.54 Å². The van der Waals surface area contributed by atoms with Crippen LogP contribution in [0.4, 0.5) is 0 Å². The molecule has 32 heavy (non-hydrogen) atoms. The highest BCUT2D eigenvalue weighted by Gasteiger charge is 2.39. The number of nitrogens with zero attached hydrogens (tertiary/aromatic N) is 1. The van der Waals surface area contributed by atoms with Crippen LogP contribution in [-0.2, 0) is 28.8 Å². The van der Waals surface area contributed by atoms with Gasteiger partial charge in [-0.3, -0.25) is 24.0 Å². The topological polar surface area (TPSA) is 216 Å². The van der Waals surface area contributed by atoms with Crippen molar-refractivity contribution in [1.29, 1.82) is 0 Å². The maximum absolute atomic E-state index is 13.0. The molecule has 0 aromatic carbocycles. The van der Waals surface area contributed by atoms with Crippen molar-refractivity contribution in [3.63, 3.8) is 0 Å². The number of carboxylic acid groups (broad SMARTS) is 3. The van der Waals surface area contributed by atoms with Crippen molar-refractivity contribution < 1.29 is 44.1 Å². The Morgan fingerprint density at radius 1 is 0.969 bits per heavy atom. The Labute approximate surface area is 184 Å². The quantitative estimate of drug-likeness (QED) is 0.196. The van der Waals surface area contributed by atoms with Gasteiger partial charge in [-0.2, -0.15) is 0 Å². The molecule has 13 heteroatoms. The van der Waals surface area contributed by atoms with Crippen LogP contribution in [0.1, 0.15) is 46.0 Å². The molecule has 4 atom stereocenters. The van der Waals surface area contributed by atoms with Gasteiger partial charge in [0.25, 0.3) is 0 Å². The summed E-state index contributed by atoms with van der Waals surface area (Å²) in [6.45, 7) is 3.69. The minimum absolute atomic E-state index is 0.0112. The number of aliphatic carboxylic acids is 3. The van der Waals surface area contributed by atoms with Crippen molar-refractivity contribution >= 4 is 35.6 Å². The fraction of sp³-hybridized carbons (Fsp3) is 0.684. The minimum atomic E-state index is -1.57. The van der Waals surface area contributed by atoms with Crippen molar-refractivity contribution in [1.82, 2.24) is 15.5 Å². The lowest BCUT2D eigenvalue weighted by molar-refractivity contribution is -0.147. The Morgan fingerprint density at radius 2 is 1.56 bits per heavy atom. The summed E-state index contributed by atoms with van der Waals surface area (Å²) in [5.41, 5.74) is 5.46. The number of carbonyl (C=O) groups excluding carboxylic acids is 3. The zero-order valence-electron chi connectivity index (χ0n) is 17.9. The van der Waals surface area contributed by atoms with E-state index in [0.717, 1.165) is 4.90 Å². The van der Waals surface area contributed by atoms with Gasteiger partial charge in [-0.15, -0.1) is 0 Å². The van der Waals surface area contributed by atoms with Crippen molar-refractivity contribution in [2.45, 2.75) is 70.1 Å². The Hall–Kier alpha value is -3.22. The Morgan fingerprint density at radius 3 is 2.06 bits per heavy atom. The molecular formula is C19H30N4O9. The summed E-state index contributed by atoms with van der Waals surface area (Å²) in [4.78, 5) is 72.2. The molecule has 0 saturated carbocycles. The molecule has 1 heterocycles. The highest BCUT2D eigenvalue weighted by molar-refractivity contribution is 5.96. The number of hydrogen-bond donors (Lipinski definition) is 6. The van der Waals surface area contributed by atoms with Crippen molar-refractivity contribution in [3.05, 3.63) is 0 Å². The average Bonchev–Trinajstić information content (AvgIpc) is 3.14. The SMILES string of the molecule is CC(C)CC(NC(=O)C1CCCN1C(=O)C(CC(=O)O)NC(=O)C(N)CC(=O)O)C(=O)O. The lowest BCUT2D eigenvalue weighted by Crippen LogP contribution is -2.57. The van der Waals surface area contributed by atoms with Crippen LogP contribution in [0.15, 0.2) is 0 Å².